The maximum atomic E-state index is 14.5. The van der Waals surface area contributed by atoms with Crippen molar-refractivity contribution < 1.29 is 67.1 Å². The van der Waals surface area contributed by atoms with E-state index in [1.807, 2.05) is 0 Å². The predicted molar refractivity (Wildman–Crippen MR) is 244 cm³/mol. The van der Waals surface area contributed by atoms with Crippen LogP contribution in [0.25, 0.3) is 0 Å². The first-order valence-electron chi connectivity index (χ1n) is 19.7. The first-order chi connectivity index (χ1) is 31.4. The maximum absolute atomic E-state index is 14.5. The SMILES string of the molecule is C.COc1cc(F)c(F)c(C(=O)c2cnc(NC3CCN(S(C)(=O)=O)CC3)nc2N)c1OC.COc1cc(F)c(F)c(C(=O)c2cnc(S(C)=O)nc2N)c1OC.CS(=O)(=O)N1CCC(N)CC1. The van der Waals surface area contributed by atoms with Gasteiger partial charge in [0.1, 0.15) is 22.8 Å². The quantitative estimate of drug-likeness (QED) is 0.0850. The number of piperidine rings is 2. The highest BCUT2D eigenvalue weighted by Gasteiger charge is 2.31. The Morgan fingerprint density at radius 2 is 1.10 bits per heavy atom. The summed E-state index contributed by atoms with van der Waals surface area (Å²) in [5.41, 5.74) is 15.3. The number of nitrogens with zero attached hydrogens (tertiary/aromatic N) is 6. The molecule has 1 atom stereocenters. The van der Waals surface area contributed by atoms with Crippen LogP contribution in [-0.4, -0.2) is 147 Å². The smallest absolute Gasteiger partial charge is 0.224 e. The van der Waals surface area contributed by atoms with Gasteiger partial charge in [-0.15, -0.1) is 0 Å². The van der Waals surface area contributed by atoms with E-state index in [0.717, 1.165) is 43.6 Å². The summed E-state index contributed by atoms with van der Waals surface area (Å²) in [5.74, 6) is -8.69. The molecule has 2 aliphatic rings. The van der Waals surface area contributed by atoms with E-state index in [1.165, 1.54) is 49.6 Å². The van der Waals surface area contributed by atoms with Crippen molar-refractivity contribution >= 4 is 60.0 Å². The molecule has 0 amide bonds. The fourth-order valence-corrected chi connectivity index (χ4v) is 8.79. The first kappa shape index (κ1) is 56.5. The van der Waals surface area contributed by atoms with Crippen molar-refractivity contribution in [2.24, 2.45) is 5.73 Å². The summed E-state index contributed by atoms with van der Waals surface area (Å²) in [6.07, 6.45) is 8.46. The molecular formula is C40H54F4N10O11S3. The average molecular weight is 1020 g/mol. The Balaban J connectivity index is 0.000000298. The predicted octanol–water partition coefficient (Wildman–Crippen LogP) is 2.75. The van der Waals surface area contributed by atoms with E-state index in [1.54, 1.807) is 0 Å². The van der Waals surface area contributed by atoms with E-state index in [2.05, 4.69) is 25.3 Å². The molecular weight excluding hydrogens is 969 g/mol. The Morgan fingerprint density at radius 3 is 1.46 bits per heavy atom. The van der Waals surface area contributed by atoms with Crippen molar-refractivity contribution in [3.63, 3.8) is 0 Å². The number of ether oxygens (including phenoxy) is 4. The van der Waals surface area contributed by atoms with Gasteiger partial charge in [-0.2, -0.15) is 4.98 Å². The monoisotopic (exact) mass is 1020 g/mol. The number of methoxy groups -OCH3 is 4. The molecule has 21 nitrogen and oxygen atoms in total. The number of anilines is 3. The topological polar surface area (TPSA) is 305 Å². The molecule has 2 saturated heterocycles. The number of nitrogens with two attached hydrogens (primary N) is 3. The van der Waals surface area contributed by atoms with Crippen molar-refractivity contribution in [1.82, 2.24) is 28.5 Å². The van der Waals surface area contributed by atoms with Gasteiger partial charge in [0.2, 0.25) is 42.7 Å². The van der Waals surface area contributed by atoms with Gasteiger partial charge in [0, 0.05) is 69.0 Å². The lowest BCUT2D eigenvalue weighted by atomic mass is 10.0. The van der Waals surface area contributed by atoms with Crippen molar-refractivity contribution in [2.45, 2.75) is 50.4 Å². The first-order valence-corrected chi connectivity index (χ1v) is 24.9. The van der Waals surface area contributed by atoms with Crippen LogP contribution in [0.1, 0.15) is 65.0 Å². The van der Waals surface area contributed by atoms with E-state index in [9.17, 15) is 48.2 Å². The van der Waals surface area contributed by atoms with Gasteiger partial charge in [-0.3, -0.25) is 13.8 Å². The Bertz CT molecular complexity index is 2730. The van der Waals surface area contributed by atoms with Gasteiger partial charge < -0.3 is 41.5 Å². The van der Waals surface area contributed by atoms with E-state index in [-0.39, 0.29) is 76.4 Å². The number of rotatable bonds is 13. The second-order valence-electron chi connectivity index (χ2n) is 14.7. The second kappa shape index (κ2) is 24.0. The lowest BCUT2D eigenvalue weighted by Crippen LogP contribution is -2.42. The minimum Gasteiger partial charge on any atom is -0.493 e. The fraction of sp³-hybridized carbons (Fsp3) is 0.450. The molecule has 2 fully saturated rings. The summed E-state index contributed by atoms with van der Waals surface area (Å²) in [4.78, 5) is 41.1. The van der Waals surface area contributed by atoms with Crippen molar-refractivity contribution in [3.05, 3.63) is 70.0 Å². The Hall–Kier alpha value is -5.81. The molecule has 7 N–H and O–H groups in total. The van der Waals surface area contributed by atoms with E-state index in [4.69, 9.17) is 36.1 Å². The van der Waals surface area contributed by atoms with E-state index in [0.29, 0.717) is 39.0 Å². The van der Waals surface area contributed by atoms with Crippen LogP contribution in [-0.2, 0) is 30.8 Å². The van der Waals surface area contributed by atoms with Crippen LogP contribution < -0.4 is 41.5 Å². The molecule has 68 heavy (non-hydrogen) atoms. The van der Waals surface area contributed by atoms with Crippen LogP contribution in [0.15, 0.2) is 29.7 Å². The zero-order valence-electron chi connectivity index (χ0n) is 37.3. The van der Waals surface area contributed by atoms with Gasteiger partial charge in [-0.05, 0) is 25.7 Å². The van der Waals surface area contributed by atoms with Gasteiger partial charge in [0.05, 0.1) is 62.9 Å². The number of carbonyl (C=O) groups is 2. The average Bonchev–Trinajstić information content (AvgIpc) is 3.27. The van der Waals surface area contributed by atoms with Gasteiger partial charge in [0.15, 0.2) is 46.3 Å². The number of ketones is 2. The van der Waals surface area contributed by atoms with Crippen molar-refractivity contribution in [2.75, 3.05) is 90.2 Å². The normalized spacial score (nSPS) is 15.3. The number of hydrogen-bond acceptors (Lipinski definition) is 19. The largest absolute Gasteiger partial charge is 0.493 e. The summed E-state index contributed by atoms with van der Waals surface area (Å²) in [6, 6.07) is 1.62. The van der Waals surface area contributed by atoms with Gasteiger partial charge in [0.25, 0.3) is 0 Å². The van der Waals surface area contributed by atoms with Gasteiger partial charge >= 0.3 is 0 Å². The number of sulfonamides is 2. The van der Waals surface area contributed by atoms with Crippen LogP contribution >= 0.6 is 0 Å². The number of nitrogen functional groups attached to an aromatic ring is 2. The number of aromatic nitrogens is 4. The molecule has 4 aromatic rings. The van der Waals surface area contributed by atoms with Crippen LogP contribution in [0.3, 0.4) is 0 Å². The minimum absolute atomic E-state index is 0. The number of hydrogen-bond donors (Lipinski definition) is 4. The maximum Gasteiger partial charge on any atom is 0.224 e. The molecule has 6 rings (SSSR count). The highest BCUT2D eigenvalue weighted by atomic mass is 32.2. The summed E-state index contributed by atoms with van der Waals surface area (Å²) in [6.45, 7) is 1.87. The van der Waals surface area contributed by atoms with Crippen LogP contribution in [0.5, 0.6) is 23.0 Å². The zero-order chi connectivity index (χ0) is 50.1. The van der Waals surface area contributed by atoms with Crippen molar-refractivity contribution in [1.29, 1.82) is 0 Å². The van der Waals surface area contributed by atoms with Gasteiger partial charge in [-0.1, -0.05) is 7.43 Å². The molecule has 0 bridgehead atoms. The molecule has 0 aliphatic carbocycles. The van der Waals surface area contributed by atoms with Crippen LogP contribution in [0.4, 0.5) is 35.1 Å². The zero-order valence-corrected chi connectivity index (χ0v) is 39.7. The Labute approximate surface area is 393 Å². The minimum atomic E-state index is -3.25. The molecule has 2 aromatic heterocycles. The Morgan fingerprint density at radius 1 is 0.706 bits per heavy atom. The fourth-order valence-electron chi connectivity index (χ4n) is 6.61. The molecule has 1 unspecified atom stereocenters. The summed E-state index contributed by atoms with van der Waals surface area (Å²) < 4.78 is 136. The number of benzene rings is 2. The molecule has 2 aliphatic heterocycles. The highest BCUT2D eigenvalue weighted by Crippen LogP contribution is 2.38. The van der Waals surface area contributed by atoms with E-state index < -0.39 is 76.8 Å². The third-order valence-electron chi connectivity index (χ3n) is 10.2. The highest BCUT2D eigenvalue weighted by molar-refractivity contribution is 7.88. The molecule has 0 spiro atoms. The summed E-state index contributed by atoms with van der Waals surface area (Å²) in [5, 5.41) is 2.96. The Kier molecular flexibility index (Phi) is 19.9. The lowest BCUT2D eigenvalue weighted by Gasteiger charge is -2.30. The molecule has 28 heteroatoms. The van der Waals surface area contributed by atoms with Crippen molar-refractivity contribution in [3.8, 4) is 23.0 Å². The third-order valence-corrected chi connectivity index (χ3v) is 13.5. The lowest BCUT2D eigenvalue weighted by molar-refractivity contribution is 0.102. The number of halogens is 4. The number of nitrogens with one attached hydrogen (secondary N) is 1. The molecule has 4 heterocycles. The molecule has 0 saturated carbocycles. The summed E-state index contributed by atoms with van der Waals surface area (Å²) in [7, 11) is -2.93. The molecule has 2 aromatic carbocycles. The van der Waals surface area contributed by atoms with E-state index >= 15 is 0 Å². The van der Waals surface area contributed by atoms with Gasteiger partial charge in [-0.25, -0.2) is 58.0 Å². The summed E-state index contributed by atoms with van der Waals surface area (Å²) >= 11 is 0. The molecule has 0 radical (unpaired) electrons. The number of carbonyl (C=O) groups excluding carboxylic acids is 2. The van der Waals surface area contributed by atoms with Crippen LogP contribution in [0, 0.1) is 23.3 Å². The third kappa shape index (κ3) is 13.7. The second-order valence-corrected chi connectivity index (χ2v) is 19.9. The molecule has 376 valence electrons. The standard InChI is InChI=1S/C19H23F2N5O5S.C14H13F2N3O4S.C6H14N2O2S.CH4/c1-30-13-8-12(20)15(21)14(17(13)31-2)16(27)11-9-23-19(25-18(11)22)24-10-4-6-26(7-5-10)32(3,28)29;1-22-8-4-7(15)10(16)9(12(8)23-2)11(20)6-5-18-14(24(3)21)19-13(6)17;1-11(9,10)8-4-2-6(7)3-5-8;/h8-10H,4-7H2,1-3H3,(H3,22,23,24,25);4-5H,1-3H3,(H2,17,18,19);6H,2-5,7H2,1H3;1H4. The van der Waals surface area contributed by atoms with Crippen LogP contribution in [0.2, 0.25) is 0 Å².